The standard InChI is InChI=1S/C17H16F3N3O2/c1-25-15-7-2-4-12(8-15)10-22-23-16(24)11-21-14-6-3-5-13(9-14)17(18,19)20/h2-10,21H,11H2,1H3,(H,23,24). The van der Waals surface area contributed by atoms with E-state index in [-0.39, 0.29) is 12.2 Å². The Morgan fingerprint density at radius 2 is 1.96 bits per heavy atom. The van der Waals surface area contributed by atoms with E-state index in [2.05, 4.69) is 15.8 Å². The van der Waals surface area contributed by atoms with Crippen LogP contribution in [0.2, 0.25) is 0 Å². The maximum absolute atomic E-state index is 12.6. The fourth-order valence-corrected chi connectivity index (χ4v) is 1.93. The molecular formula is C17H16F3N3O2. The average Bonchev–Trinajstić information content (AvgIpc) is 2.60. The second kappa shape index (κ2) is 8.18. The van der Waals surface area contributed by atoms with Gasteiger partial charge in [-0.25, -0.2) is 5.43 Å². The zero-order valence-corrected chi connectivity index (χ0v) is 13.3. The quantitative estimate of drug-likeness (QED) is 0.620. The van der Waals surface area contributed by atoms with Gasteiger partial charge in [0, 0.05) is 5.69 Å². The van der Waals surface area contributed by atoms with E-state index < -0.39 is 17.6 Å². The van der Waals surface area contributed by atoms with Gasteiger partial charge in [0.1, 0.15) is 5.75 Å². The van der Waals surface area contributed by atoms with Gasteiger partial charge in [0.25, 0.3) is 5.91 Å². The summed E-state index contributed by atoms with van der Waals surface area (Å²) in [6, 6.07) is 11.7. The van der Waals surface area contributed by atoms with E-state index in [4.69, 9.17) is 4.74 Å². The molecule has 25 heavy (non-hydrogen) atoms. The van der Waals surface area contributed by atoms with Gasteiger partial charge in [0.05, 0.1) is 25.4 Å². The third kappa shape index (κ3) is 5.83. The number of hydrogen-bond acceptors (Lipinski definition) is 4. The lowest BCUT2D eigenvalue weighted by atomic mass is 10.2. The fraction of sp³-hybridized carbons (Fsp3) is 0.176. The molecule has 2 aromatic rings. The van der Waals surface area contributed by atoms with E-state index in [0.29, 0.717) is 5.75 Å². The van der Waals surface area contributed by atoms with Gasteiger partial charge in [-0.1, -0.05) is 18.2 Å². The number of nitrogens with zero attached hydrogens (tertiary/aromatic N) is 1. The first-order chi connectivity index (χ1) is 11.9. The maximum atomic E-state index is 12.6. The highest BCUT2D eigenvalue weighted by Crippen LogP contribution is 2.30. The minimum Gasteiger partial charge on any atom is -0.497 e. The number of carbonyl (C=O) groups excluding carboxylic acids is 1. The molecule has 0 radical (unpaired) electrons. The van der Waals surface area contributed by atoms with Crippen molar-refractivity contribution in [3.05, 3.63) is 59.7 Å². The molecule has 0 atom stereocenters. The number of ether oxygens (including phenoxy) is 1. The Balaban J connectivity index is 1.85. The van der Waals surface area contributed by atoms with Gasteiger partial charge in [-0.05, 0) is 35.9 Å². The van der Waals surface area contributed by atoms with E-state index in [1.807, 2.05) is 0 Å². The Hall–Kier alpha value is -3.03. The van der Waals surface area contributed by atoms with Crippen LogP contribution < -0.4 is 15.5 Å². The number of rotatable bonds is 6. The van der Waals surface area contributed by atoms with Crippen molar-refractivity contribution < 1.29 is 22.7 Å². The lowest BCUT2D eigenvalue weighted by Gasteiger charge is -2.10. The summed E-state index contributed by atoms with van der Waals surface area (Å²) in [6.07, 6.45) is -2.99. The molecule has 0 aliphatic rings. The largest absolute Gasteiger partial charge is 0.497 e. The molecule has 0 aliphatic heterocycles. The fourth-order valence-electron chi connectivity index (χ4n) is 1.93. The smallest absolute Gasteiger partial charge is 0.416 e. The number of methoxy groups -OCH3 is 1. The van der Waals surface area contributed by atoms with E-state index in [0.717, 1.165) is 17.7 Å². The minimum atomic E-state index is -4.43. The van der Waals surface area contributed by atoms with Crippen LogP contribution in [0.15, 0.2) is 53.6 Å². The van der Waals surface area contributed by atoms with Crippen LogP contribution >= 0.6 is 0 Å². The Labute approximate surface area is 142 Å². The first-order valence-corrected chi connectivity index (χ1v) is 7.25. The van der Waals surface area contributed by atoms with Crippen LogP contribution in [0.25, 0.3) is 0 Å². The number of carbonyl (C=O) groups is 1. The van der Waals surface area contributed by atoms with Crippen LogP contribution in [0.4, 0.5) is 18.9 Å². The molecule has 8 heteroatoms. The molecule has 1 amide bonds. The molecule has 5 nitrogen and oxygen atoms in total. The lowest BCUT2D eigenvalue weighted by molar-refractivity contribution is -0.137. The van der Waals surface area contributed by atoms with Crippen LogP contribution in [-0.2, 0) is 11.0 Å². The Kier molecular flexibility index (Phi) is 5.99. The second-order valence-corrected chi connectivity index (χ2v) is 5.00. The zero-order chi connectivity index (χ0) is 18.3. The molecule has 0 heterocycles. The number of amides is 1. The van der Waals surface area contributed by atoms with E-state index in [1.54, 1.807) is 24.3 Å². The minimum absolute atomic E-state index is 0.196. The van der Waals surface area contributed by atoms with Gasteiger partial charge >= 0.3 is 6.18 Å². The second-order valence-electron chi connectivity index (χ2n) is 5.00. The van der Waals surface area contributed by atoms with E-state index >= 15 is 0 Å². The summed E-state index contributed by atoms with van der Waals surface area (Å²) in [7, 11) is 1.54. The normalized spacial score (nSPS) is 11.4. The van der Waals surface area contributed by atoms with Crippen molar-refractivity contribution in [2.75, 3.05) is 19.0 Å². The van der Waals surface area contributed by atoms with Crippen LogP contribution in [0.1, 0.15) is 11.1 Å². The van der Waals surface area contributed by atoms with Crippen molar-refractivity contribution in [1.82, 2.24) is 5.43 Å². The summed E-state index contributed by atoms with van der Waals surface area (Å²) in [5, 5.41) is 6.40. The number of halogens is 3. The number of benzene rings is 2. The van der Waals surface area contributed by atoms with Gasteiger partial charge in [-0.2, -0.15) is 18.3 Å². The summed E-state index contributed by atoms with van der Waals surface area (Å²) >= 11 is 0. The summed E-state index contributed by atoms with van der Waals surface area (Å²) in [5.74, 6) is 0.165. The molecule has 0 bridgehead atoms. The summed E-state index contributed by atoms with van der Waals surface area (Å²) in [4.78, 5) is 11.7. The van der Waals surface area contributed by atoms with E-state index in [1.165, 1.54) is 25.5 Å². The molecule has 0 fully saturated rings. The van der Waals surface area contributed by atoms with Crippen molar-refractivity contribution in [3.8, 4) is 5.75 Å². The lowest BCUT2D eigenvalue weighted by Crippen LogP contribution is -2.26. The van der Waals surface area contributed by atoms with Crippen molar-refractivity contribution in [3.63, 3.8) is 0 Å². The predicted octanol–water partition coefficient (Wildman–Crippen LogP) is 3.28. The molecule has 2 rings (SSSR count). The third-order valence-corrected chi connectivity index (χ3v) is 3.14. The number of anilines is 1. The molecule has 132 valence electrons. The molecule has 0 aromatic heterocycles. The van der Waals surface area contributed by atoms with Gasteiger partial charge in [-0.15, -0.1) is 0 Å². The van der Waals surface area contributed by atoms with Crippen molar-refractivity contribution in [2.45, 2.75) is 6.18 Å². The Morgan fingerprint density at radius 3 is 2.68 bits per heavy atom. The summed E-state index contributed by atoms with van der Waals surface area (Å²) in [5.41, 5.74) is 2.43. The van der Waals surface area contributed by atoms with Gasteiger partial charge in [0.15, 0.2) is 0 Å². The van der Waals surface area contributed by atoms with Crippen LogP contribution in [0, 0.1) is 0 Å². The molecular weight excluding hydrogens is 335 g/mol. The number of hydrazone groups is 1. The van der Waals surface area contributed by atoms with Gasteiger partial charge < -0.3 is 10.1 Å². The topological polar surface area (TPSA) is 62.7 Å². The van der Waals surface area contributed by atoms with Crippen molar-refractivity contribution in [2.24, 2.45) is 5.10 Å². The van der Waals surface area contributed by atoms with Crippen LogP contribution in [0.3, 0.4) is 0 Å². The first kappa shape index (κ1) is 18.3. The molecule has 2 N–H and O–H groups in total. The highest BCUT2D eigenvalue weighted by Gasteiger charge is 2.30. The van der Waals surface area contributed by atoms with Crippen LogP contribution in [-0.4, -0.2) is 25.8 Å². The van der Waals surface area contributed by atoms with Gasteiger partial charge in [-0.3, -0.25) is 4.79 Å². The third-order valence-electron chi connectivity index (χ3n) is 3.14. The molecule has 0 aliphatic carbocycles. The first-order valence-electron chi connectivity index (χ1n) is 7.25. The van der Waals surface area contributed by atoms with Gasteiger partial charge in [0.2, 0.25) is 0 Å². The Bertz CT molecular complexity index is 761. The SMILES string of the molecule is COc1cccc(C=NNC(=O)CNc2cccc(C(F)(F)F)c2)c1. The molecule has 0 saturated heterocycles. The molecule has 2 aromatic carbocycles. The number of hydrogen-bond donors (Lipinski definition) is 2. The highest BCUT2D eigenvalue weighted by molar-refractivity contribution is 5.84. The average molecular weight is 351 g/mol. The highest BCUT2D eigenvalue weighted by atomic mass is 19.4. The molecule has 0 unspecified atom stereocenters. The number of nitrogens with one attached hydrogen (secondary N) is 2. The monoisotopic (exact) mass is 351 g/mol. The summed E-state index contributed by atoms with van der Waals surface area (Å²) < 4.78 is 42.9. The van der Waals surface area contributed by atoms with E-state index in [9.17, 15) is 18.0 Å². The van der Waals surface area contributed by atoms with Crippen molar-refractivity contribution >= 4 is 17.8 Å². The Morgan fingerprint density at radius 1 is 1.20 bits per heavy atom. The number of alkyl halides is 3. The predicted molar refractivity (Wildman–Crippen MR) is 88.7 cm³/mol. The van der Waals surface area contributed by atoms with Crippen LogP contribution in [0.5, 0.6) is 5.75 Å². The molecule has 0 spiro atoms. The maximum Gasteiger partial charge on any atom is 0.416 e. The van der Waals surface area contributed by atoms with Crippen molar-refractivity contribution in [1.29, 1.82) is 0 Å². The zero-order valence-electron chi connectivity index (χ0n) is 13.3. The molecule has 0 saturated carbocycles. The summed E-state index contributed by atoms with van der Waals surface area (Å²) in [6.45, 7) is -0.212.